The minimum absolute atomic E-state index is 0.0567. The van der Waals surface area contributed by atoms with Gasteiger partial charge in [-0.2, -0.15) is 0 Å². The van der Waals surface area contributed by atoms with E-state index in [-0.39, 0.29) is 18.9 Å². The molecule has 0 radical (unpaired) electrons. The molecule has 0 saturated carbocycles. The van der Waals surface area contributed by atoms with Crippen LogP contribution in [0.15, 0.2) is 42.7 Å². The first-order chi connectivity index (χ1) is 11.0. The largest absolute Gasteiger partial charge is 0.496 e. The van der Waals surface area contributed by atoms with Crippen molar-refractivity contribution in [3.8, 4) is 5.75 Å². The minimum Gasteiger partial charge on any atom is -0.496 e. The first-order valence-corrected chi connectivity index (χ1v) is 7.26. The fourth-order valence-corrected chi connectivity index (χ4v) is 2.34. The third kappa shape index (κ3) is 4.35. The van der Waals surface area contributed by atoms with Gasteiger partial charge in [0.05, 0.1) is 18.6 Å². The van der Waals surface area contributed by atoms with Gasteiger partial charge in [-0.25, -0.2) is 0 Å². The van der Waals surface area contributed by atoms with Gasteiger partial charge in [-0.1, -0.05) is 18.2 Å². The summed E-state index contributed by atoms with van der Waals surface area (Å²) in [5.41, 5.74) is 1.31. The third-order valence-electron chi connectivity index (χ3n) is 3.61. The summed E-state index contributed by atoms with van der Waals surface area (Å²) in [6, 6.07) is 8.96. The van der Waals surface area contributed by atoms with E-state index in [1.165, 1.54) is 0 Å². The summed E-state index contributed by atoms with van der Waals surface area (Å²) in [7, 11) is 3.37. The Bertz CT molecular complexity index is 693. The number of aryl methyl sites for hydroxylation is 1. The van der Waals surface area contributed by atoms with E-state index in [1.54, 1.807) is 36.2 Å². The Morgan fingerprint density at radius 3 is 2.65 bits per heavy atom. The molecule has 0 aliphatic rings. The molecule has 0 bridgehead atoms. The molecule has 1 amide bonds. The minimum atomic E-state index is -0.954. The SMILES string of the molecule is COc1ccccc1CC(CNC(=O)c1ccn(C)c1)C(=O)O. The molecule has 122 valence electrons. The van der Waals surface area contributed by atoms with Crippen molar-refractivity contribution in [2.24, 2.45) is 13.0 Å². The van der Waals surface area contributed by atoms with Crippen LogP contribution in [0.25, 0.3) is 0 Å². The van der Waals surface area contributed by atoms with Crippen molar-refractivity contribution in [3.63, 3.8) is 0 Å². The predicted molar refractivity (Wildman–Crippen MR) is 85.6 cm³/mol. The number of carbonyl (C=O) groups is 2. The first kappa shape index (κ1) is 16.6. The Hall–Kier alpha value is -2.76. The van der Waals surface area contributed by atoms with Crippen molar-refractivity contribution in [1.82, 2.24) is 9.88 Å². The van der Waals surface area contributed by atoms with E-state index < -0.39 is 11.9 Å². The smallest absolute Gasteiger partial charge is 0.308 e. The van der Waals surface area contributed by atoms with Gasteiger partial charge in [0.15, 0.2) is 0 Å². The number of benzene rings is 1. The highest BCUT2D eigenvalue weighted by Gasteiger charge is 2.21. The van der Waals surface area contributed by atoms with E-state index >= 15 is 0 Å². The number of nitrogens with zero attached hydrogens (tertiary/aromatic N) is 1. The normalized spacial score (nSPS) is 11.7. The average molecular weight is 316 g/mol. The van der Waals surface area contributed by atoms with Gasteiger partial charge in [-0.05, 0) is 24.1 Å². The molecule has 6 heteroatoms. The van der Waals surface area contributed by atoms with Crippen LogP contribution in [0.1, 0.15) is 15.9 Å². The van der Waals surface area contributed by atoms with Gasteiger partial charge in [-0.3, -0.25) is 9.59 Å². The number of carbonyl (C=O) groups excluding carboxylic acids is 1. The maximum Gasteiger partial charge on any atom is 0.308 e. The average Bonchev–Trinajstić information content (AvgIpc) is 2.97. The number of carboxylic acids is 1. The van der Waals surface area contributed by atoms with Gasteiger partial charge in [0.1, 0.15) is 5.75 Å². The second kappa shape index (κ2) is 7.49. The van der Waals surface area contributed by atoms with E-state index in [4.69, 9.17) is 4.74 Å². The van der Waals surface area contributed by atoms with Crippen molar-refractivity contribution in [1.29, 1.82) is 0 Å². The number of ether oxygens (including phenoxy) is 1. The summed E-state index contributed by atoms with van der Waals surface area (Å²) in [5.74, 6) is -1.31. The molecule has 1 unspecified atom stereocenters. The predicted octanol–water partition coefficient (Wildman–Crippen LogP) is 1.71. The lowest BCUT2D eigenvalue weighted by Crippen LogP contribution is -2.34. The number of methoxy groups -OCH3 is 1. The number of hydrogen-bond donors (Lipinski definition) is 2. The highest BCUT2D eigenvalue weighted by Crippen LogP contribution is 2.21. The molecule has 0 aliphatic heterocycles. The first-order valence-electron chi connectivity index (χ1n) is 7.26. The summed E-state index contributed by atoms with van der Waals surface area (Å²) in [4.78, 5) is 23.5. The zero-order valence-corrected chi connectivity index (χ0v) is 13.2. The number of aromatic nitrogens is 1. The molecule has 1 aromatic carbocycles. The van der Waals surface area contributed by atoms with E-state index in [9.17, 15) is 14.7 Å². The molecule has 2 rings (SSSR count). The molecule has 0 saturated heterocycles. The van der Waals surface area contributed by atoms with Crippen LogP contribution < -0.4 is 10.1 Å². The fraction of sp³-hybridized carbons (Fsp3) is 0.294. The van der Waals surface area contributed by atoms with Crippen LogP contribution in [0.5, 0.6) is 5.75 Å². The van der Waals surface area contributed by atoms with Crippen LogP contribution >= 0.6 is 0 Å². The molecule has 1 atom stereocenters. The lowest BCUT2D eigenvalue weighted by molar-refractivity contribution is -0.141. The van der Waals surface area contributed by atoms with Crippen LogP contribution in [-0.2, 0) is 18.3 Å². The van der Waals surface area contributed by atoms with Gasteiger partial charge < -0.3 is 19.7 Å². The lowest BCUT2D eigenvalue weighted by atomic mass is 9.98. The number of carboxylic acid groups (broad SMARTS) is 1. The Morgan fingerprint density at radius 1 is 1.30 bits per heavy atom. The summed E-state index contributed by atoms with van der Waals surface area (Å²) in [5, 5.41) is 12.1. The number of aliphatic carboxylic acids is 1. The Labute approximate surface area is 134 Å². The molecule has 0 aliphatic carbocycles. The second-order valence-corrected chi connectivity index (χ2v) is 5.33. The van der Waals surface area contributed by atoms with Crippen LogP contribution in [0, 0.1) is 5.92 Å². The van der Waals surface area contributed by atoms with Gasteiger partial charge in [-0.15, -0.1) is 0 Å². The topological polar surface area (TPSA) is 80.6 Å². The zero-order chi connectivity index (χ0) is 16.8. The maximum absolute atomic E-state index is 12.0. The van der Waals surface area contributed by atoms with Crippen LogP contribution in [0.2, 0.25) is 0 Å². The van der Waals surface area contributed by atoms with Crippen molar-refractivity contribution in [2.45, 2.75) is 6.42 Å². The highest BCUT2D eigenvalue weighted by atomic mass is 16.5. The molecule has 1 heterocycles. The number of para-hydroxylation sites is 1. The van der Waals surface area contributed by atoms with Gasteiger partial charge in [0.2, 0.25) is 0 Å². The summed E-state index contributed by atoms with van der Waals surface area (Å²) in [6.45, 7) is 0.0567. The van der Waals surface area contributed by atoms with Crippen molar-refractivity contribution >= 4 is 11.9 Å². The van der Waals surface area contributed by atoms with E-state index in [0.717, 1.165) is 5.56 Å². The highest BCUT2D eigenvalue weighted by molar-refractivity contribution is 5.94. The Kier molecular flexibility index (Phi) is 5.41. The summed E-state index contributed by atoms with van der Waals surface area (Å²) in [6.07, 6.45) is 3.73. The number of hydrogen-bond acceptors (Lipinski definition) is 3. The van der Waals surface area contributed by atoms with Crippen LogP contribution in [0.4, 0.5) is 0 Å². The van der Waals surface area contributed by atoms with Crippen LogP contribution in [-0.4, -0.2) is 35.2 Å². The van der Waals surface area contributed by atoms with Gasteiger partial charge in [0, 0.05) is 26.0 Å². The Balaban J connectivity index is 2.02. The number of rotatable bonds is 7. The molecular weight excluding hydrogens is 296 g/mol. The van der Waals surface area contributed by atoms with Crippen molar-refractivity contribution < 1.29 is 19.4 Å². The van der Waals surface area contributed by atoms with Gasteiger partial charge in [0.25, 0.3) is 5.91 Å². The summed E-state index contributed by atoms with van der Waals surface area (Å²) >= 11 is 0. The molecule has 6 nitrogen and oxygen atoms in total. The fourth-order valence-electron chi connectivity index (χ4n) is 2.34. The molecule has 0 fully saturated rings. The zero-order valence-electron chi connectivity index (χ0n) is 13.2. The summed E-state index contributed by atoms with van der Waals surface area (Å²) < 4.78 is 7.00. The molecule has 1 aromatic heterocycles. The van der Waals surface area contributed by atoms with Crippen molar-refractivity contribution in [2.75, 3.05) is 13.7 Å². The number of amides is 1. The molecule has 2 N–H and O–H groups in total. The van der Waals surface area contributed by atoms with Gasteiger partial charge >= 0.3 is 5.97 Å². The molecular formula is C17H20N2O4. The Morgan fingerprint density at radius 2 is 2.04 bits per heavy atom. The quantitative estimate of drug-likeness (QED) is 0.815. The molecule has 23 heavy (non-hydrogen) atoms. The standard InChI is InChI=1S/C17H20N2O4/c1-19-8-7-13(11-19)16(20)18-10-14(17(21)22)9-12-5-3-4-6-15(12)23-2/h3-8,11,14H,9-10H2,1-2H3,(H,18,20)(H,21,22). The van der Waals surface area contributed by atoms with Crippen LogP contribution in [0.3, 0.4) is 0 Å². The third-order valence-corrected chi connectivity index (χ3v) is 3.61. The van der Waals surface area contributed by atoms with E-state index in [1.807, 2.05) is 25.2 Å². The number of nitrogens with one attached hydrogen (secondary N) is 1. The lowest BCUT2D eigenvalue weighted by Gasteiger charge is -2.15. The maximum atomic E-state index is 12.0. The molecule has 0 spiro atoms. The monoisotopic (exact) mass is 316 g/mol. The van der Waals surface area contributed by atoms with E-state index in [0.29, 0.717) is 11.3 Å². The second-order valence-electron chi connectivity index (χ2n) is 5.33. The van der Waals surface area contributed by atoms with Crippen molar-refractivity contribution in [3.05, 3.63) is 53.9 Å². The molecule has 2 aromatic rings. The van der Waals surface area contributed by atoms with E-state index in [2.05, 4.69) is 5.32 Å².